The Balaban J connectivity index is 4.82. The average molecular weight is 1020 g/mol. The van der Waals surface area contributed by atoms with Crippen LogP contribution in [0, 0.1) is 5.92 Å². The van der Waals surface area contributed by atoms with E-state index in [1.807, 2.05) is 0 Å². The minimum atomic E-state index is -4.80. The maximum atomic E-state index is 12.6. The summed E-state index contributed by atoms with van der Waals surface area (Å²) in [6, 6.07) is -3.81. The molecule has 0 aromatic carbocycles. The van der Waals surface area contributed by atoms with E-state index in [1.165, 1.54) is 26.7 Å². The molecular weight excluding hydrogens is 957 g/mol. The van der Waals surface area contributed by atoms with Gasteiger partial charge in [0.1, 0.15) is 0 Å². The summed E-state index contributed by atoms with van der Waals surface area (Å²) in [6.45, 7) is -4.62. The predicted octanol–water partition coefficient (Wildman–Crippen LogP) is -0.728. The lowest BCUT2D eigenvalue weighted by atomic mass is 10.1. The molecule has 0 aliphatic carbocycles. The highest BCUT2D eigenvalue weighted by atomic mass is 31.2. The van der Waals surface area contributed by atoms with Crippen LogP contribution in [0.3, 0.4) is 0 Å². The molecule has 0 saturated carbocycles. The normalized spacial score (nSPS) is 20.6. The lowest BCUT2D eigenvalue weighted by molar-refractivity contribution is 0.0832. The molecule has 0 aliphatic rings. The van der Waals surface area contributed by atoms with Crippen LogP contribution in [0.4, 0.5) is 4.48 Å². The van der Waals surface area contributed by atoms with Crippen molar-refractivity contribution in [3.05, 3.63) is 0 Å². The Morgan fingerprint density at radius 3 is 0.902 bits per heavy atom. The van der Waals surface area contributed by atoms with Crippen LogP contribution in [0.5, 0.6) is 0 Å². The highest BCUT2D eigenvalue weighted by Gasteiger charge is 2.31. The summed E-state index contributed by atoms with van der Waals surface area (Å²) >= 11 is 0. The van der Waals surface area contributed by atoms with Crippen molar-refractivity contribution in [2.24, 2.45) is 5.92 Å². The Morgan fingerprint density at radius 2 is 0.656 bits per heavy atom. The van der Waals surface area contributed by atoms with E-state index in [1.54, 1.807) is 14.1 Å². The Kier molecular flexibility index (Phi) is 30.8. The molecule has 0 fully saturated rings. The zero-order valence-corrected chi connectivity index (χ0v) is 39.7. The van der Waals surface area contributed by atoms with Crippen LogP contribution in [0.25, 0.3) is 0 Å². The second kappa shape index (κ2) is 30.6. The highest BCUT2D eigenvalue weighted by Crippen LogP contribution is 2.47. The van der Waals surface area contributed by atoms with Crippen molar-refractivity contribution in [3.63, 3.8) is 0 Å². The van der Waals surface area contributed by atoms with Gasteiger partial charge < -0.3 is 65.4 Å². The van der Waals surface area contributed by atoms with Crippen molar-refractivity contribution in [2.75, 3.05) is 115 Å². The third kappa shape index (κ3) is 33.5. The van der Waals surface area contributed by atoms with Crippen LogP contribution in [0.2, 0.25) is 0 Å². The number of halogens is 1. The number of phosphoric ester groups is 5. The quantitative estimate of drug-likeness (QED) is 0.0266. The minimum absolute atomic E-state index is 0.294. The van der Waals surface area contributed by atoms with Crippen LogP contribution in [0.15, 0.2) is 0 Å². The molecule has 11 unspecified atom stereocenters. The summed E-state index contributed by atoms with van der Waals surface area (Å²) in [7, 11) is -20.3. The van der Waals surface area contributed by atoms with E-state index < -0.39 is 142 Å². The number of rotatable bonds is 40. The van der Waals surface area contributed by atoms with Gasteiger partial charge in [0, 0.05) is 31.2 Å². The molecule has 0 saturated heterocycles. The molecule has 61 heavy (non-hydrogen) atoms. The molecule has 368 valence electrons. The fraction of sp³-hybridized carbons (Fsp3) is 1.00. The summed E-state index contributed by atoms with van der Waals surface area (Å²) in [5.74, 6) is -0.964. The number of likely N-dealkylation sites (N-methyl/N-ethyl adjacent to an activating group) is 5. The third-order valence-corrected chi connectivity index (χ3v) is 12.7. The lowest BCUT2D eigenvalue weighted by Crippen LogP contribution is -2.36. The maximum Gasteiger partial charge on any atom is 0.472 e. The largest absolute Gasteiger partial charge is 0.472 e. The van der Waals surface area contributed by atoms with Gasteiger partial charge in [0.25, 0.3) is 0 Å². The molecular formula is C25H63FN6O23P6. The van der Waals surface area contributed by atoms with Gasteiger partial charge in [0.2, 0.25) is 0 Å². The van der Waals surface area contributed by atoms with Gasteiger partial charge in [-0.25, -0.2) is 22.8 Å². The predicted molar refractivity (Wildman–Crippen MR) is 213 cm³/mol. The highest BCUT2D eigenvalue weighted by molar-refractivity contribution is 7.52. The Labute approximate surface area is 353 Å². The van der Waals surface area contributed by atoms with Crippen molar-refractivity contribution < 1.29 is 111 Å². The summed E-state index contributed by atoms with van der Waals surface area (Å²) in [4.78, 5) is 67.3. The van der Waals surface area contributed by atoms with E-state index in [0.717, 1.165) is 6.66 Å². The SMILES string of the molecule is CNC(CCC(COP(=O)(O)OCC(COP(=O)(O)OCC(COP(=O)(O)OCC(CNF)COP(C)(=O)O)NC)NC)NC)COP(=O)(O)OCC(COP(=O)(O)O)NC. The molecule has 11 atom stereocenters. The fourth-order valence-corrected chi connectivity index (χ4v) is 8.15. The molecule has 0 radical (unpaired) electrons. The topological polar surface area (TPSA) is 409 Å². The number of hydrogen-bond acceptors (Lipinski definition) is 22. The molecule has 0 heterocycles. The van der Waals surface area contributed by atoms with Crippen LogP contribution in [0.1, 0.15) is 12.8 Å². The monoisotopic (exact) mass is 1020 g/mol. The van der Waals surface area contributed by atoms with Crippen molar-refractivity contribution in [2.45, 2.75) is 43.1 Å². The molecule has 0 aliphatic heterocycles. The first-order chi connectivity index (χ1) is 28.1. The van der Waals surface area contributed by atoms with E-state index in [0.29, 0.717) is 12.8 Å². The zero-order chi connectivity index (χ0) is 47.0. The van der Waals surface area contributed by atoms with E-state index >= 15 is 0 Å². The zero-order valence-electron chi connectivity index (χ0n) is 34.4. The van der Waals surface area contributed by atoms with Crippen LogP contribution < -0.4 is 32.1 Å². The molecule has 36 heteroatoms. The summed E-state index contributed by atoms with van der Waals surface area (Å²) in [5.41, 5.74) is 1.29. The van der Waals surface area contributed by atoms with Gasteiger partial charge in [0.15, 0.2) is 0 Å². The van der Waals surface area contributed by atoms with Crippen LogP contribution in [-0.2, 0) is 72.6 Å². The number of hydrogen-bond donors (Lipinski definition) is 13. The van der Waals surface area contributed by atoms with Crippen LogP contribution >= 0.6 is 46.7 Å². The third-order valence-electron chi connectivity index (χ3n) is 7.81. The van der Waals surface area contributed by atoms with Crippen molar-refractivity contribution in [3.8, 4) is 0 Å². The maximum absolute atomic E-state index is 12.6. The van der Waals surface area contributed by atoms with E-state index in [9.17, 15) is 56.3 Å². The smallest absolute Gasteiger partial charge is 0.324 e. The van der Waals surface area contributed by atoms with Gasteiger partial charge in [-0.3, -0.25) is 45.3 Å². The summed E-state index contributed by atoms with van der Waals surface area (Å²) < 4.78 is 133. The standard InChI is InChI=1S/C25H63FN6O23P6/c1-27-21(12-49-59(40,41)52-15-23(29-3)14-47-57(35,36)37)7-8-22(28-2)13-50-60(42,43)53-17-25(31-5)19-55-61(44,45)54-18-24(30-4)16-51-58(38,39)48-11-20(9-32-26)10-46-56(6,33)34/h20-25,27-32H,7-19H2,1-6H3,(H,33,34)(H,38,39)(H,40,41)(H,42,43)(H,44,45)(H2,35,36,37). The Hall–Kier alpha value is 0.390. The average Bonchev–Trinajstić information content (AvgIpc) is 3.16. The summed E-state index contributed by atoms with van der Waals surface area (Å²) in [6.07, 6.45) is 0.594. The van der Waals surface area contributed by atoms with Crippen LogP contribution in [-0.4, -0.2) is 179 Å². The molecule has 0 rings (SSSR count). The fourth-order valence-electron chi connectivity index (χ4n) is 4.01. The van der Waals surface area contributed by atoms with Crippen molar-refractivity contribution >= 4 is 46.7 Å². The van der Waals surface area contributed by atoms with Crippen molar-refractivity contribution in [1.29, 1.82) is 0 Å². The molecule has 0 amide bonds. The second-order valence-electron chi connectivity index (χ2n) is 12.8. The Bertz CT molecular complexity index is 1510. The Morgan fingerprint density at radius 1 is 0.410 bits per heavy atom. The van der Waals surface area contributed by atoms with Gasteiger partial charge in [0.05, 0.1) is 84.2 Å². The van der Waals surface area contributed by atoms with E-state index in [4.69, 9.17) is 46.0 Å². The van der Waals surface area contributed by atoms with E-state index in [2.05, 4.69) is 35.6 Å². The second-order valence-corrected chi connectivity index (χ2v) is 21.8. The molecule has 0 aromatic heterocycles. The first kappa shape index (κ1) is 61.4. The molecule has 0 spiro atoms. The number of nitrogens with one attached hydrogen (secondary N) is 6. The molecule has 0 bridgehead atoms. The first-order valence-electron chi connectivity index (χ1n) is 17.9. The minimum Gasteiger partial charge on any atom is -0.324 e. The van der Waals surface area contributed by atoms with Gasteiger partial charge in [-0.05, 0) is 48.1 Å². The van der Waals surface area contributed by atoms with Gasteiger partial charge in [-0.15, -0.1) is 4.48 Å². The number of phosphoric acid groups is 5. The van der Waals surface area contributed by atoms with E-state index in [-0.39, 0.29) is 13.2 Å². The van der Waals surface area contributed by atoms with Gasteiger partial charge in [-0.2, -0.15) is 5.54 Å². The lowest BCUT2D eigenvalue weighted by Gasteiger charge is -2.24. The molecule has 13 N–H and O–H groups in total. The summed E-state index contributed by atoms with van der Waals surface area (Å²) in [5, 5.41) is 13.7. The van der Waals surface area contributed by atoms with Gasteiger partial charge >= 0.3 is 46.7 Å². The van der Waals surface area contributed by atoms with Crippen molar-refractivity contribution in [1.82, 2.24) is 32.1 Å². The molecule has 29 nitrogen and oxygen atoms in total. The van der Waals surface area contributed by atoms with Gasteiger partial charge in [-0.1, -0.05) is 0 Å². The molecule has 0 aromatic rings. The first-order valence-corrected chi connectivity index (χ1v) is 27.5.